The van der Waals surface area contributed by atoms with E-state index in [2.05, 4.69) is 41.2 Å². The number of aromatic nitrogens is 2. The molecule has 0 radical (unpaired) electrons. The molecule has 6 heteroatoms. The van der Waals surface area contributed by atoms with Crippen LogP contribution in [0, 0.1) is 5.41 Å². The summed E-state index contributed by atoms with van der Waals surface area (Å²) >= 11 is 0. The van der Waals surface area contributed by atoms with Gasteiger partial charge < -0.3 is 20.0 Å². The molecule has 34 heavy (non-hydrogen) atoms. The van der Waals surface area contributed by atoms with Crippen LogP contribution in [-0.4, -0.2) is 26.0 Å². The minimum atomic E-state index is -0.898. The van der Waals surface area contributed by atoms with E-state index < -0.39 is 5.97 Å². The molecule has 0 aliphatic carbocycles. The third kappa shape index (κ3) is 3.40. The zero-order valence-corrected chi connectivity index (χ0v) is 19.9. The van der Waals surface area contributed by atoms with E-state index in [-0.39, 0.29) is 5.84 Å². The molecule has 4 N–H and O–H groups in total. The van der Waals surface area contributed by atoms with Gasteiger partial charge in [-0.15, -0.1) is 0 Å². The van der Waals surface area contributed by atoms with Crippen molar-refractivity contribution in [1.82, 2.24) is 9.13 Å². The van der Waals surface area contributed by atoms with E-state index in [9.17, 15) is 9.90 Å². The van der Waals surface area contributed by atoms with Crippen LogP contribution in [0.1, 0.15) is 73.4 Å². The van der Waals surface area contributed by atoms with E-state index in [1.165, 1.54) is 11.3 Å². The minimum absolute atomic E-state index is 0.0851. The predicted octanol–water partition coefficient (Wildman–Crippen LogP) is 6.33. The van der Waals surface area contributed by atoms with E-state index in [0.29, 0.717) is 11.5 Å². The molecular weight excluding hydrogens is 424 g/mol. The first kappa shape index (κ1) is 22.3. The van der Waals surface area contributed by atoms with Crippen molar-refractivity contribution in [3.05, 3.63) is 59.3 Å². The third-order valence-corrected chi connectivity index (χ3v) is 7.26. The van der Waals surface area contributed by atoms with Crippen molar-refractivity contribution in [1.29, 1.82) is 5.41 Å². The van der Waals surface area contributed by atoms with Gasteiger partial charge in [0.1, 0.15) is 5.84 Å². The number of hydrogen-bond donors (Lipinski definition) is 3. The van der Waals surface area contributed by atoms with E-state index >= 15 is 0 Å². The van der Waals surface area contributed by atoms with Crippen LogP contribution in [0.15, 0.2) is 42.6 Å². The van der Waals surface area contributed by atoms with E-state index in [1.54, 1.807) is 6.07 Å². The Balaban J connectivity index is 1.92. The van der Waals surface area contributed by atoms with E-state index in [0.717, 1.165) is 78.1 Å². The smallest absolute Gasteiger partial charge is 0.335 e. The largest absolute Gasteiger partial charge is 0.478 e. The van der Waals surface area contributed by atoms with Crippen molar-refractivity contribution >= 4 is 33.6 Å². The van der Waals surface area contributed by atoms with Gasteiger partial charge in [-0.25, -0.2) is 4.79 Å². The highest BCUT2D eigenvalue weighted by Gasteiger charge is 2.28. The van der Waals surface area contributed by atoms with Gasteiger partial charge in [-0.1, -0.05) is 51.0 Å². The molecule has 176 valence electrons. The summed E-state index contributed by atoms with van der Waals surface area (Å²) in [6.45, 7) is 6.10. The summed E-state index contributed by atoms with van der Waals surface area (Å²) in [5.74, 6) is -0.415. The number of rotatable bonds is 7. The third-order valence-electron chi connectivity index (χ3n) is 7.26. The van der Waals surface area contributed by atoms with Crippen molar-refractivity contribution in [2.24, 2.45) is 5.73 Å². The molecule has 1 aliphatic heterocycles. The molecule has 0 bridgehead atoms. The number of fused-ring (bicyclic) bond motifs is 4. The zero-order valence-electron chi connectivity index (χ0n) is 19.9. The Kier molecular flexibility index (Phi) is 5.68. The first-order valence-electron chi connectivity index (χ1n) is 12.3. The Morgan fingerprint density at radius 2 is 1.88 bits per heavy atom. The van der Waals surface area contributed by atoms with Gasteiger partial charge in [0.25, 0.3) is 0 Å². The Hall–Kier alpha value is -3.54. The highest BCUT2D eigenvalue weighted by atomic mass is 16.4. The Morgan fingerprint density at radius 1 is 1.12 bits per heavy atom. The van der Waals surface area contributed by atoms with Crippen LogP contribution in [0.3, 0.4) is 0 Å². The van der Waals surface area contributed by atoms with Crippen molar-refractivity contribution in [3.63, 3.8) is 0 Å². The number of nitrogens with one attached hydrogen (secondary N) is 1. The number of aryl methyl sites for hydroxylation is 2. The first-order valence-corrected chi connectivity index (χ1v) is 12.3. The Labute approximate surface area is 199 Å². The fourth-order valence-corrected chi connectivity index (χ4v) is 5.92. The molecule has 0 amide bonds. The monoisotopic (exact) mass is 456 g/mol. The fraction of sp³-hybridized carbons (Fsp3) is 0.357. The Morgan fingerprint density at radius 3 is 2.56 bits per heavy atom. The second-order valence-corrected chi connectivity index (χ2v) is 9.43. The van der Waals surface area contributed by atoms with Crippen LogP contribution in [-0.2, 0) is 13.1 Å². The molecule has 6 nitrogen and oxygen atoms in total. The molecule has 0 spiro atoms. The summed E-state index contributed by atoms with van der Waals surface area (Å²) in [6, 6.07) is 11.9. The summed E-state index contributed by atoms with van der Waals surface area (Å²) in [4.78, 5) is 11.8. The van der Waals surface area contributed by atoms with Gasteiger partial charge in [0, 0.05) is 46.7 Å². The van der Waals surface area contributed by atoms with Gasteiger partial charge in [-0.2, -0.15) is 0 Å². The van der Waals surface area contributed by atoms with Crippen molar-refractivity contribution in [2.45, 2.75) is 65.0 Å². The van der Waals surface area contributed by atoms with Gasteiger partial charge in [-0.05, 0) is 42.9 Å². The van der Waals surface area contributed by atoms with Crippen LogP contribution in [0.4, 0.5) is 0 Å². The van der Waals surface area contributed by atoms with Crippen molar-refractivity contribution < 1.29 is 9.90 Å². The number of hydrogen-bond acceptors (Lipinski definition) is 2. The molecule has 0 saturated carbocycles. The summed E-state index contributed by atoms with van der Waals surface area (Å²) in [5, 5.41) is 20.0. The maximum atomic E-state index is 11.8. The average molecular weight is 457 g/mol. The normalized spacial score (nSPS) is 13.3. The predicted molar refractivity (Wildman–Crippen MR) is 138 cm³/mol. The molecule has 3 heterocycles. The number of aromatic carboxylic acids is 1. The lowest BCUT2D eigenvalue weighted by atomic mass is 9.86. The maximum absolute atomic E-state index is 11.8. The average Bonchev–Trinajstić information content (AvgIpc) is 3.33. The molecule has 5 rings (SSSR count). The number of amidine groups is 1. The SMILES string of the molecule is CCCC(CCC)c1c2n(c3cc(C(=O)O)ccc13)CCCn1cc(C(=N)N)c3cccc-2c31. The number of carboxylic acids is 1. The number of nitrogen functional groups attached to an aromatic ring is 1. The number of nitrogens with two attached hydrogens (primary N) is 1. The number of carbonyl (C=O) groups is 1. The van der Waals surface area contributed by atoms with Gasteiger partial charge in [-0.3, -0.25) is 5.41 Å². The summed E-state index contributed by atoms with van der Waals surface area (Å²) in [7, 11) is 0. The lowest BCUT2D eigenvalue weighted by Gasteiger charge is -2.22. The van der Waals surface area contributed by atoms with Crippen LogP contribution in [0.5, 0.6) is 0 Å². The minimum Gasteiger partial charge on any atom is -0.478 e. The quantitative estimate of drug-likeness (QED) is 0.224. The Bertz CT molecular complexity index is 1420. The van der Waals surface area contributed by atoms with Gasteiger partial charge in [0.2, 0.25) is 0 Å². The standard InChI is InChI=1S/C28H32N4O2/c1-3-7-17(8-4-2)24-20-12-11-18(28(33)34)15-23(20)32-14-6-13-31-16-22(27(29)30)19-9-5-10-21(25(19)31)26(24)32/h5,9-12,15-17H,3-4,6-8,13-14H2,1-2H3,(H3,29,30)(H,33,34). The molecule has 0 saturated heterocycles. The van der Waals surface area contributed by atoms with Crippen molar-refractivity contribution in [3.8, 4) is 11.3 Å². The second-order valence-electron chi connectivity index (χ2n) is 9.43. The van der Waals surface area contributed by atoms with E-state index in [4.69, 9.17) is 11.1 Å². The lowest BCUT2D eigenvalue weighted by Crippen LogP contribution is -2.11. The summed E-state index contributed by atoms with van der Waals surface area (Å²) < 4.78 is 4.61. The number of para-hydroxylation sites is 1. The molecular formula is C28H32N4O2. The molecule has 1 aliphatic rings. The molecule has 4 aromatic rings. The summed E-state index contributed by atoms with van der Waals surface area (Å²) in [5.41, 5.74) is 12.9. The highest BCUT2D eigenvalue weighted by molar-refractivity contribution is 6.11. The zero-order chi connectivity index (χ0) is 24.0. The maximum Gasteiger partial charge on any atom is 0.335 e. The highest BCUT2D eigenvalue weighted by Crippen LogP contribution is 2.45. The van der Waals surface area contributed by atoms with Gasteiger partial charge >= 0.3 is 5.97 Å². The summed E-state index contributed by atoms with van der Waals surface area (Å²) in [6.07, 6.45) is 7.31. The number of carboxylic acid groups (broad SMARTS) is 1. The van der Waals surface area contributed by atoms with Crippen molar-refractivity contribution in [2.75, 3.05) is 0 Å². The number of nitrogens with zero attached hydrogens (tertiary/aromatic N) is 2. The molecule has 0 unspecified atom stereocenters. The molecule has 2 aromatic carbocycles. The molecule has 0 atom stereocenters. The van der Waals surface area contributed by atoms with Gasteiger partial charge in [0.15, 0.2) is 0 Å². The number of benzene rings is 2. The second kappa shape index (κ2) is 8.67. The molecule has 2 aromatic heterocycles. The fourth-order valence-electron chi connectivity index (χ4n) is 5.92. The molecule has 0 fully saturated rings. The van der Waals surface area contributed by atoms with Crippen LogP contribution < -0.4 is 5.73 Å². The topological polar surface area (TPSA) is 97.0 Å². The van der Waals surface area contributed by atoms with Crippen LogP contribution >= 0.6 is 0 Å². The lowest BCUT2D eigenvalue weighted by molar-refractivity contribution is 0.0697. The van der Waals surface area contributed by atoms with Gasteiger partial charge in [0.05, 0.1) is 16.8 Å². The van der Waals surface area contributed by atoms with Crippen LogP contribution in [0.2, 0.25) is 0 Å². The van der Waals surface area contributed by atoms with Crippen LogP contribution in [0.25, 0.3) is 33.1 Å². The first-order chi connectivity index (χ1) is 16.5. The van der Waals surface area contributed by atoms with E-state index in [1.807, 2.05) is 18.3 Å².